The summed E-state index contributed by atoms with van der Waals surface area (Å²) in [6, 6.07) is 14.4. The van der Waals surface area contributed by atoms with Crippen LogP contribution in [0.5, 0.6) is 17.2 Å². The lowest BCUT2D eigenvalue weighted by molar-refractivity contribution is 0.171. The van der Waals surface area contributed by atoms with Crippen LogP contribution in [0.4, 0.5) is 5.69 Å². The molecule has 0 bridgehead atoms. The van der Waals surface area contributed by atoms with Crippen molar-refractivity contribution in [3.8, 4) is 17.2 Å². The zero-order chi connectivity index (χ0) is 15.4. The highest BCUT2D eigenvalue weighted by Crippen LogP contribution is 2.34. The molecule has 0 spiro atoms. The number of rotatable bonds is 5. The van der Waals surface area contributed by atoms with E-state index in [1.807, 2.05) is 30.3 Å². The van der Waals surface area contributed by atoms with Crippen molar-refractivity contribution in [2.75, 3.05) is 25.6 Å². The van der Waals surface area contributed by atoms with Crippen LogP contribution in [0.1, 0.15) is 24.9 Å². The third-order valence-corrected chi connectivity index (χ3v) is 3.81. The molecule has 1 atom stereocenters. The molecule has 1 unspecified atom stereocenters. The fourth-order valence-corrected chi connectivity index (χ4v) is 2.59. The largest absolute Gasteiger partial charge is 0.497 e. The summed E-state index contributed by atoms with van der Waals surface area (Å²) in [4.78, 5) is 0. The molecule has 0 aliphatic carbocycles. The SMILES string of the molecule is CCC(Nc1ccc2c(c1)OCCO2)c1ccc(OC)cc1. The Bertz CT molecular complexity index is 625. The molecule has 4 nitrogen and oxygen atoms in total. The van der Waals surface area contributed by atoms with E-state index >= 15 is 0 Å². The third kappa shape index (κ3) is 3.11. The third-order valence-electron chi connectivity index (χ3n) is 3.81. The van der Waals surface area contributed by atoms with Crippen molar-refractivity contribution in [1.29, 1.82) is 0 Å². The number of ether oxygens (including phenoxy) is 3. The molecule has 0 fully saturated rings. The summed E-state index contributed by atoms with van der Waals surface area (Å²) in [5.41, 5.74) is 2.27. The fraction of sp³-hybridized carbons (Fsp3) is 0.333. The molecule has 1 heterocycles. The zero-order valence-electron chi connectivity index (χ0n) is 13.0. The molecular weight excluding hydrogens is 278 g/mol. The first kappa shape index (κ1) is 14.6. The molecule has 1 aliphatic heterocycles. The van der Waals surface area contributed by atoms with Gasteiger partial charge in [-0.25, -0.2) is 0 Å². The van der Waals surface area contributed by atoms with Gasteiger partial charge in [0.2, 0.25) is 0 Å². The first-order valence-corrected chi connectivity index (χ1v) is 7.60. The number of hydrogen-bond donors (Lipinski definition) is 1. The lowest BCUT2D eigenvalue weighted by Crippen LogP contribution is -2.16. The van der Waals surface area contributed by atoms with Gasteiger partial charge < -0.3 is 19.5 Å². The average molecular weight is 299 g/mol. The van der Waals surface area contributed by atoms with Crippen molar-refractivity contribution in [1.82, 2.24) is 0 Å². The summed E-state index contributed by atoms with van der Waals surface area (Å²) in [7, 11) is 1.68. The Hall–Kier alpha value is -2.36. The molecule has 2 aromatic carbocycles. The Morgan fingerprint density at radius 3 is 2.45 bits per heavy atom. The molecule has 116 valence electrons. The first-order valence-electron chi connectivity index (χ1n) is 7.60. The van der Waals surface area contributed by atoms with Gasteiger partial charge in [0, 0.05) is 11.8 Å². The monoisotopic (exact) mass is 299 g/mol. The highest BCUT2D eigenvalue weighted by molar-refractivity contribution is 5.56. The van der Waals surface area contributed by atoms with Crippen LogP contribution in [0.25, 0.3) is 0 Å². The normalized spacial score (nSPS) is 14.3. The summed E-state index contributed by atoms with van der Waals surface area (Å²) in [6.07, 6.45) is 0.987. The predicted octanol–water partition coefficient (Wildman–Crippen LogP) is 4.03. The van der Waals surface area contributed by atoms with Crippen LogP contribution in [-0.2, 0) is 0 Å². The minimum absolute atomic E-state index is 0.244. The Balaban J connectivity index is 1.77. The molecule has 22 heavy (non-hydrogen) atoms. The number of anilines is 1. The number of benzene rings is 2. The van der Waals surface area contributed by atoms with Gasteiger partial charge in [-0.15, -0.1) is 0 Å². The summed E-state index contributed by atoms with van der Waals surface area (Å²) in [5.74, 6) is 2.49. The molecule has 0 saturated heterocycles. The zero-order valence-corrected chi connectivity index (χ0v) is 13.0. The maximum absolute atomic E-state index is 5.63. The second kappa shape index (κ2) is 6.60. The summed E-state index contributed by atoms with van der Waals surface area (Å²) < 4.78 is 16.4. The Morgan fingerprint density at radius 2 is 1.77 bits per heavy atom. The first-order chi connectivity index (χ1) is 10.8. The van der Waals surface area contributed by atoms with Crippen LogP contribution < -0.4 is 19.5 Å². The topological polar surface area (TPSA) is 39.7 Å². The van der Waals surface area contributed by atoms with E-state index in [0.29, 0.717) is 13.2 Å². The van der Waals surface area contributed by atoms with E-state index in [4.69, 9.17) is 14.2 Å². The van der Waals surface area contributed by atoms with E-state index in [2.05, 4.69) is 24.4 Å². The molecule has 4 heteroatoms. The second-order valence-corrected chi connectivity index (χ2v) is 5.24. The highest BCUT2D eigenvalue weighted by Gasteiger charge is 2.14. The van der Waals surface area contributed by atoms with Crippen LogP contribution in [0.2, 0.25) is 0 Å². The minimum Gasteiger partial charge on any atom is -0.497 e. The van der Waals surface area contributed by atoms with Gasteiger partial charge >= 0.3 is 0 Å². The fourth-order valence-electron chi connectivity index (χ4n) is 2.59. The maximum Gasteiger partial charge on any atom is 0.163 e. The minimum atomic E-state index is 0.244. The van der Waals surface area contributed by atoms with Gasteiger partial charge in [0.15, 0.2) is 11.5 Å². The van der Waals surface area contributed by atoms with Gasteiger partial charge in [-0.1, -0.05) is 19.1 Å². The van der Waals surface area contributed by atoms with E-state index in [1.54, 1.807) is 7.11 Å². The summed E-state index contributed by atoms with van der Waals surface area (Å²) in [6.45, 7) is 3.38. The van der Waals surface area contributed by atoms with Gasteiger partial charge in [-0.2, -0.15) is 0 Å². The number of nitrogens with one attached hydrogen (secondary N) is 1. The van der Waals surface area contributed by atoms with Gasteiger partial charge in [0.25, 0.3) is 0 Å². The van der Waals surface area contributed by atoms with Crippen LogP contribution in [0.15, 0.2) is 42.5 Å². The van der Waals surface area contributed by atoms with Gasteiger partial charge in [-0.05, 0) is 36.2 Å². The molecule has 3 rings (SSSR count). The molecular formula is C18H21NO3. The van der Waals surface area contributed by atoms with Crippen molar-refractivity contribution >= 4 is 5.69 Å². The lowest BCUT2D eigenvalue weighted by atomic mass is 10.0. The van der Waals surface area contributed by atoms with Crippen LogP contribution in [0, 0.1) is 0 Å². The summed E-state index contributed by atoms with van der Waals surface area (Å²) >= 11 is 0. The Kier molecular flexibility index (Phi) is 4.37. The Morgan fingerprint density at radius 1 is 1.05 bits per heavy atom. The molecule has 0 radical (unpaired) electrons. The van der Waals surface area contributed by atoms with Gasteiger partial charge in [0.1, 0.15) is 19.0 Å². The molecule has 2 aromatic rings. The highest BCUT2D eigenvalue weighted by atomic mass is 16.6. The number of methoxy groups -OCH3 is 1. The van der Waals surface area contributed by atoms with E-state index in [1.165, 1.54) is 5.56 Å². The lowest BCUT2D eigenvalue weighted by Gasteiger charge is -2.22. The van der Waals surface area contributed by atoms with Gasteiger partial charge in [0.05, 0.1) is 13.2 Å². The second-order valence-electron chi connectivity index (χ2n) is 5.24. The van der Waals surface area contributed by atoms with E-state index in [9.17, 15) is 0 Å². The molecule has 0 amide bonds. The predicted molar refractivity (Wildman–Crippen MR) is 87.1 cm³/mol. The standard InChI is InChI=1S/C18H21NO3/c1-3-16(13-4-7-15(20-2)8-5-13)19-14-6-9-17-18(12-14)22-11-10-21-17/h4-9,12,16,19H,3,10-11H2,1-2H3. The van der Waals surface area contributed by atoms with Gasteiger partial charge in [-0.3, -0.25) is 0 Å². The number of hydrogen-bond acceptors (Lipinski definition) is 4. The van der Waals surface area contributed by atoms with Crippen molar-refractivity contribution in [3.63, 3.8) is 0 Å². The van der Waals surface area contributed by atoms with Crippen molar-refractivity contribution in [2.45, 2.75) is 19.4 Å². The van der Waals surface area contributed by atoms with Crippen molar-refractivity contribution in [2.24, 2.45) is 0 Å². The molecule has 1 aliphatic rings. The average Bonchev–Trinajstić information content (AvgIpc) is 2.59. The summed E-state index contributed by atoms with van der Waals surface area (Å²) in [5, 5.41) is 3.56. The quantitative estimate of drug-likeness (QED) is 0.905. The van der Waals surface area contributed by atoms with Crippen molar-refractivity contribution in [3.05, 3.63) is 48.0 Å². The van der Waals surface area contributed by atoms with E-state index in [0.717, 1.165) is 29.4 Å². The van der Waals surface area contributed by atoms with Crippen molar-refractivity contribution < 1.29 is 14.2 Å². The van der Waals surface area contributed by atoms with Crippen LogP contribution in [-0.4, -0.2) is 20.3 Å². The van der Waals surface area contributed by atoms with Crippen LogP contribution >= 0.6 is 0 Å². The molecule has 0 saturated carbocycles. The smallest absolute Gasteiger partial charge is 0.163 e. The Labute approximate surface area is 131 Å². The molecule has 1 N–H and O–H groups in total. The number of fused-ring (bicyclic) bond motifs is 1. The van der Waals surface area contributed by atoms with E-state index in [-0.39, 0.29) is 6.04 Å². The van der Waals surface area contributed by atoms with E-state index < -0.39 is 0 Å². The van der Waals surface area contributed by atoms with Crippen LogP contribution in [0.3, 0.4) is 0 Å². The maximum atomic E-state index is 5.63. The molecule has 0 aromatic heterocycles.